The summed E-state index contributed by atoms with van der Waals surface area (Å²) < 4.78 is 42.0. The van der Waals surface area contributed by atoms with Gasteiger partial charge in [0, 0.05) is 5.69 Å². The number of carbonyl (C=O) groups is 1. The standard InChI is InChI=1S/C12H12F3NO3/c1-6(12(13,14)15)19-10-8(11(17)18)5-7-3-2-4-9(7)16-10/h5-6H,2-4H2,1H3,(H,17,18). The van der Waals surface area contributed by atoms with Gasteiger partial charge in [-0.25, -0.2) is 9.78 Å². The maximum absolute atomic E-state index is 12.4. The predicted octanol–water partition coefficient (Wildman–Crippen LogP) is 2.60. The normalized spacial score (nSPS) is 16.0. The summed E-state index contributed by atoms with van der Waals surface area (Å²) in [6.45, 7) is 0.820. The van der Waals surface area contributed by atoms with Crippen LogP contribution in [0, 0.1) is 0 Å². The van der Waals surface area contributed by atoms with Gasteiger partial charge in [0.2, 0.25) is 5.88 Å². The number of nitrogens with zero attached hydrogens (tertiary/aromatic N) is 1. The molecule has 1 aromatic heterocycles. The molecule has 0 aliphatic heterocycles. The van der Waals surface area contributed by atoms with Crippen molar-refractivity contribution in [1.29, 1.82) is 0 Å². The van der Waals surface area contributed by atoms with E-state index in [2.05, 4.69) is 9.72 Å². The van der Waals surface area contributed by atoms with Crippen molar-refractivity contribution in [2.45, 2.75) is 38.5 Å². The number of aromatic carboxylic acids is 1. The highest BCUT2D eigenvalue weighted by molar-refractivity contribution is 5.90. The Morgan fingerprint density at radius 2 is 2.16 bits per heavy atom. The van der Waals surface area contributed by atoms with Crippen molar-refractivity contribution >= 4 is 5.97 Å². The topological polar surface area (TPSA) is 59.4 Å². The molecule has 1 atom stereocenters. The van der Waals surface area contributed by atoms with Crippen LogP contribution in [-0.4, -0.2) is 28.3 Å². The number of hydrogen-bond donors (Lipinski definition) is 1. The SMILES string of the molecule is CC(Oc1nc2c(cc1C(=O)O)CCC2)C(F)(F)F. The molecular formula is C12H12F3NO3. The second kappa shape index (κ2) is 4.71. The molecule has 104 valence electrons. The van der Waals surface area contributed by atoms with Crippen LogP contribution in [0.1, 0.15) is 35.0 Å². The Balaban J connectivity index is 2.36. The van der Waals surface area contributed by atoms with Gasteiger partial charge < -0.3 is 9.84 Å². The van der Waals surface area contributed by atoms with Crippen LogP contribution in [0.5, 0.6) is 5.88 Å². The van der Waals surface area contributed by atoms with Crippen LogP contribution >= 0.6 is 0 Å². The van der Waals surface area contributed by atoms with Crippen LogP contribution in [0.4, 0.5) is 13.2 Å². The van der Waals surface area contributed by atoms with Crippen LogP contribution in [-0.2, 0) is 12.8 Å². The van der Waals surface area contributed by atoms with Crippen LogP contribution in [0.25, 0.3) is 0 Å². The minimum Gasteiger partial charge on any atom is -0.477 e. The molecule has 0 saturated carbocycles. The number of halogens is 3. The number of alkyl halides is 3. The fraction of sp³-hybridized carbons (Fsp3) is 0.500. The highest BCUT2D eigenvalue weighted by Gasteiger charge is 2.39. The zero-order valence-corrected chi connectivity index (χ0v) is 10.1. The molecule has 0 radical (unpaired) electrons. The van der Waals surface area contributed by atoms with E-state index < -0.39 is 24.1 Å². The average molecular weight is 275 g/mol. The molecule has 0 spiro atoms. The van der Waals surface area contributed by atoms with E-state index in [4.69, 9.17) is 5.11 Å². The van der Waals surface area contributed by atoms with Gasteiger partial charge in [-0.3, -0.25) is 0 Å². The molecular weight excluding hydrogens is 263 g/mol. The summed E-state index contributed by atoms with van der Waals surface area (Å²) >= 11 is 0. The summed E-state index contributed by atoms with van der Waals surface area (Å²) in [6, 6.07) is 1.36. The maximum atomic E-state index is 12.4. The van der Waals surface area contributed by atoms with E-state index in [1.165, 1.54) is 6.07 Å². The molecule has 4 nitrogen and oxygen atoms in total. The number of carboxylic acids is 1. The molecule has 2 rings (SSSR count). The highest BCUT2D eigenvalue weighted by atomic mass is 19.4. The van der Waals surface area contributed by atoms with Crippen molar-refractivity contribution in [2.24, 2.45) is 0 Å². The van der Waals surface area contributed by atoms with Gasteiger partial charge in [-0.1, -0.05) is 0 Å². The van der Waals surface area contributed by atoms with E-state index in [-0.39, 0.29) is 5.56 Å². The largest absolute Gasteiger partial charge is 0.477 e. The first-order valence-corrected chi connectivity index (χ1v) is 5.78. The van der Waals surface area contributed by atoms with E-state index >= 15 is 0 Å². The fourth-order valence-corrected chi connectivity index (χ4v) is 1.93. The molecule has 1 unspecified atom stereocenters. The predicted molar refractivity (Wildman–Crippen MR) is 59.4 cm³/mol. The second-order valence-electron chi connectivity index (χ2n) is 4.41. The number of carboxylic acid groups (broad SMARTS) is 1. The van der Waals surface area contributed by atoms with Crippen LogP contribution in [0.2, 0.25) is 0 Å². The number of fused-ring (bicyclic) bond motifs is 1. The molecule has 0 bridgehead atoms. The van der Waals surface area contributed by atoms with E-state index in [1.807, 2.05) is 0 Å². The lowest BCUT2D eigenvalue weighted by molar-refractivity contribution is -0.190. The summed E-state index contributed by atoms with van der Waals surface area (Å²) in [5.41, 5.74) is 1.07. The number of rotatable bonds is 3. The van der Waals surface area contributed by atoms with Gasteiger partial charge in [-0.15, -0.1) is 0 Å². The van der Waals surface area contributed by atoms with Crippen LogP contribution in [0.3, 0.4) is 0 Å². The molecule has 0 aromatic carbocycles. The van der Waals surface area contributed by atoms with Gasteiger partial charge in [0.15, 0.2) is 6.10 Å². The Hall–Kier alpha value is -1.79. The maximum Gasteiger partial charge on any atom is 0.425 e. The Morgan fingerprint density at radius 1 is 1.47 bits per heavy atom. The van der Waals surface area contributed by atoms with Gasteiger partial charge in [0.05, 0.1) is 0 Å². The first-order valence-electron chi connectivity index (χ1n) is 5.78. The van der Waals surface area contributed by atoms with Crippen LogP contribution < -0.4 is 4.74 Å². The molecule has 0 fully saturated rings. The van der Waals surface area contributed by atoms with E-state index in [1.54, 1.807) is 0 Å². The van der Waals surface area contributed by atoms with Crippen molar-refractivity contribution in [1.82, 2.24) is 4.98 Å². The molecule has 0 saturated heterocycles. The fourth-order valence-electron chi connectivity index (χ4n) is 1.93. The zero-order valence-electron chi connectivity index (χ0n) is 10.1. The van der Waals surface area contributed by atoms with Crippen LogP contribution in [0.15, 0.2) is 6.07 Å². The van der Waals surface area contributed by atoms with Gasteiger partial charge in [0.25, 0.3) is 0 Å². The van der Waals surface area contributed by atoms with E-state index in [9.17, 15) is 18.0 Å². The van der Waals surface area contributed by atoms with Crippen molar-refractivity contribution < 1.29 is 27.8 Å². The van der Waals surface area contributed by atoms with Gasteiger partial charge >= 0.3 is 12.1 Å². The lowest BCUT2D eigenvalue weighted by Crippen LogP contribution is -2.32. The molecule has 19 heavy (non-hydrogen) atoms. The number of ether oxygens (including phenoxy) is 1. The first-order chi connectivity index (χ1) is 8.79. The molecule has 1 aliphatic rings. The summed E-state index contributed by atoms with van der Waals surface area (Å²) in [4.78, 5) is 15.0. The molecule has 1 aliphatic carbocycles. The monoisotopic (exact) mass is 275 g/mol. The minimum absolute atomic E-state index is 0.322. The van der Waals surface area contributed by atoms with Gasteiger partial charge in [-0.05, 0) is 37.8 Å². The van der Waals surface area contributed by atoms with E-state index in [0.717, 1.165) is 18.9 Å². The second-order valence-corrected chi connectivity index (χ2v) is 4.41. The average Bonchev–Trinajstić information content (AvgIpc) is 2.73. The zero-order chi connectivity index (χ0) is 14.2. The first kappa shape index (κ1) is 13.6. The lowest BCUT2D eigenvalue weighted by Gasteiger charge is -2.18. The Kier molecular flexibility index (Phi) is 3.38. The highest BCUT2D eigenvalue weighted by Crippen LogP contribution is 2.30. The quantitative estimate of drug-likeness (QED) is 0.921. The summed E-state index contributed by atoms with van der Waals surface area (Å²) in [6.07, 6.45) is -4.52. The lowest BCUT2D eigenvalue weighted by atomic mass is 10.1. The van der Waals surface area contributed by atoms with Gasteiger partial charge in [-0.2, -0.15) is 13.2 Å². The number of aromatic nitrogens is 1. The smallest absolute Gasteiger partial charge is 0.425 e. The molecule has 0 amide bonds. The number of pyridine rings is 1. The molecule has 1 aromatic rings. The third-order valence-electron chi connectivity index (χ3n) is 3.00. The van der Waals surface area contributed by atoms with Crippen molar-refractivity contribution in [3.8, 4) is 5.88 Å². The van der Waals surface area contributed by atoms with Crippen molar-refractivity contribution in [3.05, 3.63) is 22.9 Å². The van der Waals surface area contributed by atoms with Crippen molar-refractivity contribution in [2.75, 3.05) is 0 Å². The summed E-state index contributed by atoms with van der Waals surface area (Å²) in [5, 5.41) is 9.01. The van der Waals surface area contributed by atoms with Crippen molar-refractivity contribution in [3.63, 3.8) is 0 Å². The number of aryl methyl sites for hydroxylation is 2. The molecule has 1 heterocycles. The minimum atomic E-state index is -4.56. The number of hydrogen-bond acceptors (Lipinski definition) is 3. The third kappa shape index (κ3) is 2.80. The summed E-state index contributed by atoms with van der Waals surface area (Å²) in [7, 11) is 0. The molecule has 1 N–H and O–H groups in total. The summed E-state index contributed by atoms with van der Waals surface area (Å²) in [5.74, 6) is -1.80. The Morgan fingerprint density at radius 3 is 2.74 bits per heavy atom. The third-order valence-corrected chi connectivity index (χ3v) is 3.00. The van der Waals surface area contributed by atoms with Gasteiger partial charge in [0.1, 0.15) is 5.56 Å². The van der Waals surface area contributed by atoms with E-state index in [0.29, 0.717) is 18.5 Å². The Bertz CT molecular complexity index is 514. The molecule has 7 heteroatoms. The Labute approximate surface area is 107 Å².